The number of thioether (sulfide) groups is 1. The van der Waals surface area contributed by atoms with Gasteiger partial charge in [0, 0.05) is 6.20 Å². The first kappa shape index (κ1) is 8.88. The lowest BCUT2D eigenvalue weighted by Gasteiger charge is -2.01. The summed E-state index contributed by atoms with van der Waals surface area (Å²) in [6.45, 7) is 1.89. The molecule has 62 valence electrons. The summed E-state index contributed by atoms with van der Waals surface area (Å²) in [4.78, 5) is 16.8. The molecule has 1 N–H and O–H groups in total. The van der Waals surface area contributed by atoms with Crippen LogP contribution in [0.3, 0.4) is 0 Å². The quantitative estimate of drug-likeness (QED) is 0.417. The number of aromatic amines is 1. The van der Waals surface area contributed by atoms with E-state index < -0.39 is 0 Å². The largest absolute Gasteiger partial charge is 0.345 e. The molecule has 3 nitrogen and oxygen atoms in total. The van der Waals surface area contributed by atoms with Gasteiger partial charge >= 0.3 is 5.69 Å². The molecule has 0 aliphatic rings. The SMILES string of the molecule is C#CC(C)Sc1ccnc(=O)[nH]1. The summed E-state index contributed by atoms with van der Waals surface area (Å²) >= 11 is 1.43. The summed E-state index contributed by atoms with van der Waals surface area (Å²) in [6.07, 6.45) is 6.64. The van der Waals surface area contributed by atoms with Gasteiger partial charge in [0.05, 0.1) is 10.3 Å². The van der Waals surface area contributed by atoms with E-state index in [1.165, 1.54) is 18.0 Å². The van der Waals surface area contributed by atoms with Crippen LogP contribution in [0.4, 0.5) is 0 Å². The smallest absolute Gasteiger partial charge is 0.300 e. The number of nitrogens with zero attached hydrogens (tertiary/aromatic N) is 1. The highest BCUT2D eigenvalue weighted by atomic mass is 32.2. The van der Waals surface area contributed by atoms with Crippen LogP contribution in [0.15, 0.2) is 22.1 Å². The first-order valence-corrected chi connectivity index (χ1v) is 4.28. The first-order chi connectivity index (χ1) is 5.72. The molecule has 1 aromatic heterocycles. The lowest BCUT2D eigenvalue weighted by molar-refractivity contribution is 0.976. The maximum absolute atomic E-state index is 10.7. The standard InChI is InChI=1S/C8H8N2OS/c1-3-6(2)12-7-4-5-9-8(11)10-7/h1,4-6H,2H3,(H,9,10,11). The van der Waals surface area contributed by atoms with Crippen LogP contribution in [0.5, 0.6) is 0 Å². The highest BCUT2D eigenvalue weighted by Crippen LogP contribution is 2.17. The molecular formula is C8H8N2OS. The van der Waals surface area contributed by atoms with Gasteiger partial charge in [-0.25, -0.2) is 9.78 Å². The van der Waals surface area contributed by atoms with Gasteiger partial charge in [0.15, 0.2) is 0 Å². The molecular weight excluding hydrogens is 172 g/mol. The van der Waals surface area contributed by atoms with Crippen LogP contribution in [0, 0.1) is 12.3 Å². The van der Waals surface area contributed by atoms with Crippen LogP contribution in [-0.4, -0.2) is 15.2 Å². The fourth-order valence-electron chi connectivity index (χ4n) is 0.645. The molecule has 0 aromatic carbocycles. The lowest BCUT2D eigenvalue weighted by atomic mass is 10.5. The second-order valence-corrected chi connectivity index (χ2v) is 3.55. The second kappa shape index (κ2) is 3.98. The van der Waals surface area contributed by atoms with Crippen LogP contribution in [0.25, 0.3) is 0 Å². The van der Waals surface area contributed by atoms with E-state index in [-0.39, 0.29) is 10.9 Å². The third-order valence-electron chi connectivity index (χ3n) is 1.19. The topological polar surface area (TPSA) is 45.8 Å². The van der Waals surface area contributed by atoms with Crippen LogP contribution in [0.1, 0.15) is 6.92 Å². The number of H-pyrrole nitrogens is 1. The van der Waals surface area contributed by atoms with Gasteiger partial charge in [0.2, 0.25) is 0 Å². The van der Waals surface area contributed by atoms with Gasteiger partial charge in [-0.1, -0.05) is 17.7 Å². The molecule has 0 aliphatic carbocycles. The van der Waals surface area contributed by atoms with Gasteiger partial charge in [0.25, 0.3) is 0 Å². The molecule has 0 saturated heterocycles. The Hall–Kier alpha value is -1.21. The number of hydrogen-bond donors (Lipinski definition) is 1. The zero-order valence-electron chi connectivity index (χ0n) is 6.57. The minimum atomic E-state index is -0.343. The number of nitrogens with one attached hydrogen (secondary N) is 1. The van der Waals surface area contributed by atoms with Crippen molar-refractivity contribution >= 4 is 11.8 Å². The van der Waals surface area contributed by atoms with Crippen molar-refractivity contribution in [2.75, 3.05) is 0 Å². The normalized spacial score (nSPS) is 12.0. The van der Waals surface area contributed by atoms with Gasteiger partial charge in [-0.3, -0.25) is 0 Å². The molecule has 0 spiro atoms. The number of aromatic nitrogens is 2. The van der Waals surface area contributed by atoms with Gasteiger partial charge in [0.1, 0.15) is 0 Å². The van der Waals surface area contributed by atoms with Gasteiger partial charge in [-0.2, -0.15) is 0 Å². The van der Waals surface area contributed by atoms with Crippen LogP contribution in [-0.2, 0) is 0 Å². The van der Waals surface area contributed by atoms with Crippen molar-refractivity contribution in [3.63, 3.8) is 0 Å². The van der Waals surface area contributed by atoms with Crippen LogP contribution in [0.2, 0.25) is 0 Å². The van der Waals surface area contributed by atoms with Crippen LogP contribution >= 0.6 is 11.8 Å². The average molecular weight is 180 g/mol. The third-order valence-corrected chi connectivity index (χ3v) is 2.17. The Morgan fingerprint density at radius 2 is 2.58 bits per heavy atom. The summed E-state index contributed by atoms with van der Waals surface area (Å²) in [6, 6.07) is 1.72. The number of rotatable bonds is 2. The summed E-state index contributed by atoms with van der Waals surface area (Å²) in [5.74, 6) is 2.55. The summed E-state index contributed by atoms with van der Waals surface area (Å²) < 4.78 is 0. The Balaban J connectivity index is 2.78. The van der Waals surface area contributed by atoms with Crippen LogP contribution < -0.4 is 5.69 Å². The average Bonchev–Trinajstić information content (AvgIpc) is 2.04. The lowest BCUT2D eigenvalue weighted by Crippen LogP contribution is -2.09. The fourth-order valence-corrected chi connectivity index (χ4v) is 1.38. The second-order valence-electron chi connectivity index (χ2n) is 2.17. The van der Waals surface area contributed by atoms with E-state index in [4.69, 9.17) is 6.42 Å². The van der Waals surface area contributed by atoms with Crippen molar-refractivity contribution in [1.29, 1.82) is 0 Å². The van der Waals surface area contributed by atoms with Crippen molar-refractivity contribution in [2.24, 2.45) is 0 Å². The molecule has 0 fully saturated rings. The fraction of sp³-hybridized carbons (Fsp3) is 0.250. The molecule has 1 atom stereocenters. The van der Waals surface area contributed by atoms with E-state index in [9.17, 15) is 4.79 Å². The molecule has 4 heteroatoms. The maximum Gasteiger partial charge on any atom is 0.345 e. The molecule has 0 bridgehead atoms. The highest BCUT2D eigenvalue weighted by Gasteiger charge is 1.99. The molecule has 1 unspecified atom stereocenters. The Bertz CT molecular complexity index is 353. The van der Waals surface area contributed by atoms with Crippen molar-refractivity contribution in [2.45, 2.75) is 17.2 Å². The Morgan fingerprint density at radius 3 is 3.17 bits per heavy atom. The summed E-state index contributed by atoms with van der Waals surface area (Å²) in [5, 5.41) is 0.809. The molecule has 12 heavy (non-hydrogen) atoms. The van der Waals surface area contributed by atoms with E-state index in [0.29, 0.717) is 0 Å². The Labute approximate surface area is 74.6 Å². The molecule has 1 rings (SSSR count). The maximum atomic E-state index is 10.7. The first-order valence-electron chi connectivity index (χ1n) is 3.40. The minimum Gasteiger partial charge on any atom is -0.300 e. The van der Waals surface area contributed by atoms with Gasteiger partial charge < -0.3 is 4.98 Å². The molecule has 0 aliphatic heterocycles. The van der Waals surface area contributed by atoms with E-state index >= 15 is 0 Å². The zero-order chi connectivity index (χ0) is 8.97. The minimum absolute atomic E-state index is 0.0584. The van der Waals surface area contributed by atoms with Crippen molar-refractivity contribution in [1.82, 2.24) is 9.97 Å². The Kier molecular flexibility index (Phi) is 2.94. The van der Waals surface area contributed by atoms with Crippen molar-refractivity contribution < 1.29 is 0 Å². The van der Waals surface area contributed by atoms with Gasteiger partial charge in [-0.05, 0) is 13.0 Å². The highest BCUT2D eigenvalue weighted by molar-refractivity contribution is 8.00. The van der Waals surface area contributed by atoms with E-state index in [1.54, 1.807) is 6.07 Å². The summed E-state index contributed by atoms with van der Waals surface area (Å²) in [5.41, 5.74) is -0.343. The van der Waals surface area contributed by atoms with E-state index in [2.05, 4.69) is 15.9 Å². The van der Waals surface area contributed by atoms with Gasteiger partial charge in [-0.15, -0.1) is 6.42 Å². The zero-order valence-corrected chi connectivity index (χ0v) is 7.39. The van der Waals surface area contributed by atoms with E-state index in [1.807, 2.05) is 6.92 Å². The number of hydrogen-bond acceptors (Lipinski definition) is 3. The molecule has 0 saturated carbocycles. The Morgan fingerprint density at radius 1 is 1.83 bits per heavy atom. The number of terminal acetylenes is 1. The predicted octanol–water partition coefficient (Wildman–Crippen LogP) is 0.884. The molecule has 0 amide bonds. The van der Waals surface area contributed by atoms with E-state index in [0.717, 1.165) is 5.03 Å². The summed E-state index contributed by atoms with van der Waals surface area (Å²) in [7, 11) is 0. The molecule has 0 radical (unpaired) electrons. The molecule has 1 heterocycles. The van der Waals surface area contributed by atoms with Crippen molar-refractivity contribution in [3.05, 3.63) is 22.7 Å². The predicted molar refractivity (Wildman–Crippen MR) is 49.0 cm³/mol. The monoisotopic (exact) mass is 180 g/mol. The van der Waals surface area contributed by atoms with Crippen molar-refractivity contribution in [3.8, 4) is 12.3 Å². The molecule has 1 aromatic rings. The third kappa shape index (κ3) is 2.44.